The number of hydrogen-bond donors (Lipinski definition) is 0. The Morgan fingerprint density at radius 1 is 0.284 bits per heavy atom. The minimum Gasteiger partial charge on any atom is -0.0636 e. The van der Waals surface area contributed by atoms with E-state index in [-0.39, 0.29) is 5.92 Å². The van der Waals surface area contributed by atoms with E-state index < -0.39 is 8.07 Å². The van der Waals surface area contributed by atoms with E-state index in [1.165, 1.54) is 116 Å². The molecular weight excluding hydrogens is 821 g/mol. The van der Waals surface area contributed by atoms with Gasteiger partial charge in [0.15, 0.2) is 8.07 Å². The lowest BCUT2D eigenvalue weighted by Crippen LogP contribution is -2.70. The first-order valence-corrected chi connectivity index (χ1v) is 25.8. The molecule has 0 spiro atoms. The largest absolute Gasteiger partial charge is 0.176 e. The zero-order valence-electron chi connectivity index (χ0n) is 39.9. The van der Waals surface area contributed by atoms with E-state index in [1.54, 1.807) is 5.20 Å². The highest BCUT2D eigenvalue weighted by atomic mass is 28.3. The fourth-order valence-corrected chi connectivity index (χ4v) is 16.9. The molecule has 1 heteroatoms. The molecule has 1 unspecified atom stereocenters. The molecule has 1 atom stereocenters. The van der Waals surface area contributed by atoms with Gasteiger partial charge in [0, 0.05) is 0 Å². The molecule has 326 valence electrons. The van der Waals surface area contributed by atoms with Crippen molar-refractivity contribution in [1.82, 2.24) is 0 Å². The van der Waals surface area contributed by atoms with Crippen LogP contribution in [0.3, 0.4) is 0 Å². The third-order valence-corrected chi connectivity index (χ3v) is 20.2. The van der Waals surface area contributed by atoms with Crippen LogP contribution in [-0.4, -0.2) is 8.07 Å². The fourth-order valence-electron chi connectivity index (χ4n) is 11.2. The second-order valence-electron chi connectivity index (χ2n) is 18.6. The molecule has 0 fully saturated rings. The molecule has 0 aromatic heterocycles. The van der Waals surface area contributed by atoms with Crippen molar-refractivity contribution < 1.29 is 0 Å². The van der Waals surface area contributed by atoms with E-state index in [4.69, 9.17) is 0 Å². The summed E-state index contributed by atoms with van der Waals surface area (Å²) in [5, 5.41) is 5.74. The Bertz CT molecular complexity index is 2810. The van der Waals surface area contributed by atoms with Crippen LogP contribution in [0.15, 0.2) is 240 Å². The Balaban J connectivity index is 1.48. The second kappa shape index (κ2) is 18.2. The summed E-state index contributed by atoms with van der Waals surface area (Å²) < 4.78 is 0. The van der Waals surface area contributed by atoms with Crippen LogP contribution in [0.5, 0.6) is 0 Å². The van der Waals surface area contributed by atoms with Crippen LogP contribution < -0.4 is 15.6 Å². The van der Waals surface area contributed by atoms with Gasteiger partial charge in [-0.3, -0.25) is 0 Å². The van der Waals surface area contributed by atoms with Crippen LogP contribution in [0.25, 0.3) is 66.8 Å². The van der Waals surface area contributed by atoms with Crippen molar-refractivity contribution in [3.8, 4) is 66.8 Å². The summed E-state index contributed by atoms with van der Waals surface area (Å²) in [6, 6.07) is 82.3. The summed E-state index contributed by atoms with van der Waals surface area (Å²) in [5.74, 6) is 0.205. The van der Waals surface area contributed by atoms with Gasteiger partial charge in [-0.15, -0.1) is 0 Å². The van der Waals surface area contributed by atoms with E-state index in [2.05, 4.69) is 267 Å². The van der Waals surface area contributed by atoms with Crippen molar-refractivity contribution in [2.75, 3.05) is 0 Å². The maximum absolute atomic E-state index is 3.42. The summed E-state index contributed by atoms with van der Waals surface area (Å²) in [6.07, 6.45) is 0. The van der Waals surface area contributed by atoms with E-state index in [0.717, 1.165) is 0 Å². The Labute approximate surface area is 399 Å². The average Bonchev–Trinajstić information content (AvgIpc) is 3.57. The molecule has 0 nitrogen and oxygen atoms in total. The second-order valence-corrected chi connectivity index (χ2v) is 22.4. The number of allylic oxidation sites excluding steroid dienone is 4. The Kier molecular flexibility index (Phi) is 11.8. The van der Waals surface area contributed by atoms with Crippen molar-refractivity contribution in [2.45, 2.75) is 48.5 Å². The van der Waals surface area contributed by atoms with Crippen LogP contribution in [0.2, 0.25) is 0 Å². The molecule has 1 aliphatic carbocycles. The zero-order chi connectivity index (χ0) is 46.2. The van der Waals surface area contributed by atoms with Gasteiger partial charge in [-0.2, -0.15) is 0 Å². The zero-order valence-corrected chi connectivity index (χ0v) is 40.9. The molecule has 0 heterocycles. The van der Waals surface area contributed by atoms with Crippen LogP contribution in [-0.2, 0) is 0 Å². The molecule has 67 heavy (non-hydrogen) atoms. The smallest absolute Gasteiger partial charge is 0.0636 e. The minimum atomic E-state index is -3.42. The highest BCUT2D eigenvalue weighted by Gasteiger charge is 2.49. The Morgan fingerprint density at radius 3 is 0.672 bits per heavy atom. The quantitative estimate of drug-likeness (QED) is 0.0948. The monoisotopic (exact) mass is 878 g/mol. The Morgan fingerprint density at radius 2 is 0.493 bits per heavy atom. The van der Waals surface area contributed by atoms with Gasteiger partial charge in [-0.1, -0.05) is 242 Å². The number of hydrogen-bond acceptors (Lipinski definition) is 0. The normalized spacial score (nSPS) is 13.9. The molecular formula is C66H58Si. The summed E-state index contributed by atoms with van der Waals surface area (Å²) in [4.78, 5) is 0. The fraction of sp³-hybridized carbons (Fsp3) is 0.121. The molecule has 0 saturated carbocycles. The van der Waals surface area contributed by atoms with E-state index in [0.29, 0.717) is 0 Å². The van der Waals surface area contributed by atoms with E-state index in [9.17, 15) is 0 Å². The van der Waals surface area contributed by atoms with Gasteiger partial charge in [0.1, 0.15) is 0 Å². The third-order valence-electron chi connectivity index (χ3n) is 15.1. The van der Waals surface area contributed by atoms with Gasteiger partial charge in [0.25, 0.3) is 0 Å². The van der Waals surface area contributed by atoms with Crippen molar-refractivity contribution >= 4 is 23.6 Å². The first-order valence-electron chi connectivity index (χ1n) is 23.8. The van der Waals surface area contributed by atoms with Gasteiger partial charge >= 0.3 is 0 Å². The van der Waals surface area contributed by atoms with Gasteiger partial charge < -0.3 is 0 Å². The van der Waals surface area contributed by atoms with Gasteiger partial charge in [-0.05, 0) is 152 Å². The molecule has 10 rings (SSSR count). The summed E-state index contributed by atoms with van der Waals surface area (Å²) in [7, 11) is -3.42. The number of benzene rings is 9. The molecule has 0 amide bonds. The molecule has 0 saturated heterocycles. The maximum atomic E-state index is 2.62. The summed E-state index contributed by atoms with van der Waals surface area (Å²) >= 11 is 0. The van der Waals surface area contributed by atoms with Crippen molar-refractivity contribution in [3.05, 3.63) is 257 Å². The summed E-state index contributed by atoms with van der Waals surface area (Å²) in [6.45, 7) is 16.7. The molecule has 0 N–H and O–H groups in total. The van der Waals surface area contributed by atoms with Crippen LogP contribution in [0.1, 0.15) is 44.4 Å². The lowest BCUT2D eigenvalue weighted by molar-refractivity contribution is 0.851. The highest BCUT2D eigenvalue weighted by molar-refractivity contribution is 7.16. The minimum absolute atomic E-state index is 0.205. The predicted octanol–water partition coefficient (Wildman–Crippen LogP) is 15.9. The van der Waals surface area contributed by atoms with E-state index in [1.807, 2.05) is 0 Å². The molecule has 9 aromatic carbocycles. The molecule has 9 aromatic rings. The number of rotatable bonds is 10. The van der Waals surface area contributed by atoms with Gasteiger partial charge in [0.05, 0.1) is 0 Å². The lowest BCUT2D eigenvalue weighted by atomic mass is 9.92. The molecule has 0 aliphatic heterocycles. The molecule has 0 bridgehead atoms. The van der Waals surface area contributed by atoms with Crippen LogP contribution >= 0.6 is 0 Å². The SMILES string of the molecule is CC1=C(C)C(C)C([Si](c2cc(-c3ccccc3)c(C)c(-c3ccccc3)c2)(c2cc(-c3ccccc3)c(C)c(-c3ccccc3)c2)c2cc(-c3ccccc3)c(C)c(-c3ccccc3)c2)=C1C. The molecule has 1 aliphatic rings. The van der Waals surface area contributed by atoms with Crippen molar-refractivity contribution in [1.29, 1.82) is 0 Å². The van der Waals surface area contributed by atoms with Crippen LogP contribution in [0, 0.1) is 26.7 Å². The topological polar surface area (TPSA) is 0 Å². The molecule has 0 radical (unpaired) electrons. The first-order chi connectivity index (χ1) is 32.7. The standard InChI is InChI=1S/C66H58Si/c1-44-45(2)47(4)66(46(44)3)67(57-38-60(51-26-14-8-15-27-51)48(5)61(39-57)52-28-16-9-17-29-52,58-40-62(53-30-18-10-19-31-53)49(6)63(41-58)54-32-20-11-21-33-54)59-42-64(55-34-22-12-23-35-55)50(7)65(43-59)56-36-24-13-25-37-56/h8-43,46H,1-7H3. The van der Waals surface area contributed by atoms with Crippen molar-refractivity contribution in [2.24, 2.45) is 5.92 Å². The predicted molar refractivity (Wildman–Crippen MR) is 291 cm³/mol. The van der Waals surface area contributed by atoms with Crippen LogP contribution in [0.4, 0.5) is 0 Å². The lowest BCUT2D eigenvalue weighted by Gasteiger charge is -2.41. The maximum Gasteiger partial charge on any atom is 0.176 e. The van der Waals surface area contributed by atoms with E-state index >= 15 is 0 Å². The Hall–Kier alpha value is -7.32. The average molecular weight is 879 g/mol. The highest BCUT2D eigenvalue weighted by Crippen LogP contribution is 2.45. The van der Waals surface area contributed by atoms with Gasteiger partial charge in [-0.25, -0.2) is 0 Å². The van der Waals surface area contributed by atoms with Crippen molar-refractivity contribution in [3.63, 3.8) is 0 Å². The van der Waals surface area contributed by atoms with Gasteiger partial charge in [0.2, 0.25) is 0 Å². The third kappa shape index (κ3) is 7.68. The first kappa shape index (κ1) is 43.6. The summed E-state index contributed by atoms with van der Waals surface area (Å²) in [5.41, 5.74) is 23.2.